The van der Waals surface area contributed by atoms with Crippen molar-refractivity contribution in [3.8, 4) is 0 Å². The van der Waals surface area contributed by atoms with E-state index in [0.29, 0.717) is 5.56 Å². The minimum absolute atomic E-state index is 0.0156. The Kier molecular flexibility index (Phi) is 2.79. The molecule has 2 rings (SSSR count). The fraction of sp³-hybridized carbons (Fsp3) is 0.231. The fourth-order valence-corrected chi connectivity index (χ4v) is 1.90. The summed E-state index contributed by atoms with van der Waals surface area (Å²) in [5, 5.41) is 0. The minimum Gasteiger partial charge on any atom is -0.206 e. The highest BCUT2D eigenvalue weighted by Crippen LogP contribution is 2.32. The van der Waals surface area contributed by atoms with E-state index in [1.54, 1.807) is 6.07 Å². The molecule has 0 saturated carbocycles. The number of hydrogen-bond donors (Lipinski definition) is 0. The van der Waals surface area contributed by atoms with Gasteiger partial charge in [0.15, 0.2) is 0 Å². The molecular formula is C13H12BrF. The number of benzene rings is 1. The number of hydrogen-bond acceptors (Lipinski definition) is 0. The molecule has 0 bridgehead atoms. The van der Waals surface area contributed by atoms with Gasteiger partial charge in [-0.1, -0.05) is 52.4 Å². The van der Waals surface area contributed by atoms with Crippen LogP contribution >= 0.6 is 15.9 Å². The van der Waals surface area contributed by atoms with Crippen LogP contribution in [0.2, 0.25) is 0 Å². The lowest BCUT2D eigenvalue weighted by atomic mass is 9.94. The van der Waals surface area contributed by atoms with Crippen molar-refractivity contribution >= 4 is 21.5 Å². The lowest BCUT2D eigenvalue weighted by Gasteiger charge is -2.20. The zero-order valence-corrected chi connectivity index (χ0v) is 10.1. The summed E-state index contributed by atoms with van der Waals surface area (Å²) < 4.78 is 13.5. The number of rotatable bonds is 1. The lowest BCUT2D eigenvalue weighted by Crippen LogP contribution is -2.12. The minimum atomic E-state index is -0.161. The maximum Gasteiger partial charge on any atom is 0.131 e. The first-order valence-corrected chi connectivity index (χ1v) is 5.71. The molecule has 78 valence electrons. The Bertz CT molecular complexity index is 430. The molecule has 1 aliphatic carbocycles. The van der Waals surface area contributed by atoms with E-state index >= 15 is 0 Å². The van der Waals surface area contributed by atoms with Crippen molar-refractivity contribution in [2.45, 2.75) is 17.7 Å². The molecule has 15 heavy (non-hydrogen) atoms. The molecule has 1 atom stereocenters. The Morgan fingerprint density at radius 2 is 2.07 bits per heavy atom. The molecule has 0 saturated heterocycles. The van der Waals surface area contributed by atoms with E-state index < -0.39 is 0 Å². The monoisotopic (exact) mass is 266 g/mol. The van der Waals surface area contributed by atoms with Crippen molar-refractivity contribution in [1.82, 2.24) is 0 Å². The highest BCUT2D eigenvalue weighted by Gasteiger charge is 2.19. The van der Waals surface area contributed by atoms with Gasteiger partial charge in [0.1, 0.15) is 5.82 Å². The largest absolute Gasteiger partial charge is 0.206 e. The molecule has 1 aromatic rings. The van der Waals surface area contributed by atoms with E-state index in [1.165, 1.54) is 6.07 Å². The van der Waals surface area contributed by atoms with Crippen molar-refractivity contribution in [2.75, 3.05) is 0 Å². The van der Waals surface area contributed by atoms with Crippen LogP contribution in [0.25, 0.3) is 5.57 Å². The molecule has 1 aliphatic rings. The van der Waals surface area contributed by atoms with Gasteiger partial charge in [-0.2, -0.15) is 0 Å². The van der Waals surface area contributed by atoms with Crippen molar-refractivity contribution < 1.29 is 4.39 Å². The van der Waals surface area contributed by atoms with Gasteiger partial charge >= 0.3 is 0 Å². The Hall–Kier alpha value is -0.890. The molecule has 0 nitrogen and oxygen atoms in total. The zero-order valence-electron chi connectivity index (χ0n) is 8.50. The summed E-state index contributed by atoms with van der Waals surface area (Å²) in [5.41, 5.74) is 1.64. The van der Waals surface area contributed by atoms with Gasteiger partial charge in [-0.05, 0) is 25.0 Å². The van der Waals surface area contributed by atoms with E-state index in [4.69, 9.17) is 0 Å². The van der Waals surface area contributed by atoms with Gasteiger partial charge in [-0.3, -0.25) is 0 Å². The summed E-state index contributed by atoms with van der Waals surface area (Å²) in [5.74, 6) is -0.161. The Balaban J connectivity index is 2.32. The molecule has 0 radical (unpaired) electrons. The van der Waals surface area contributed by atoms with Crippen LogP contribution in [0.1, 0.15) is 18.9 Å². The molecule has 2 heteroatoms. The maximum absolute atomic E-state index is 13.5. The van der Waals surface area contributed by atoms with Gasteiger partial charge in [0.2, 0.25) is 0 Å². The lowest BCUT2D eigenvalue weighted by molar-refractivity contribution is 0.624. The normalized spacial score (nSPS) is 25.1. The molecular weight excluding hydrogens is 255 g/mol. The third kappa shape index (κ3) is 2.37. The van der Waals surface area contributed by atoms with Crippen LogP contribution in [0.15, 0.2) is 42.5 Å². The zero-order chi connectivity index (χ0) is 10.9. The maximum atomic E-state index is 13.5. The van der Waals surface area contributed by atoms with Crippen LogP contribution in [-0.2, 0) is 0 Å². The van der Waals surface area contributed by atoms with E-state index in [9.17, 15) is 4.39 Å². The van der Waals surface area contributed by atoms with Gasteiger partial charge in [0.25, 0.3) is 0 Å². The predicted molar refractivity (Wildman–Crippen MR) is 65.5 cm³/mol. The van der Waals surface area contributed by atoms with Crippen LogP contribution in [0, 0.1) is 5.82 Å². The van der Waals surface area contributed by atoms with Gasteiger partial charge < -0.3 is 0 Å². The standard InChI is InChI=1S/C13H12BrF/c1-13(14)8-6-10(7-9-13)11-4-2-3-5-12(11)15/h2-8H,9H2,1H3. The molecule has 0 amide bonds. The van der Waals surface area contributed by atoms with Gasteiger partial charge in [-0.15, -0.1) is 0 Å². The van der Waals surface area contributed by atoms with E-state index in [-0.39, 0.29) is 10.1 Å². The average molecular weight is 267 g/mol. The van der Waals surface area contributed by atoms with Crippen molar-refractivity contribution in [3.63, 3.8) is 0 Å². The number of halogens is 2. The smallest absolute Gasteiger partial charge is 0.131 e. The van der Waals surface area contributed by atoms with Crippen LogP contribution in [0.4, 0.5) is 4.39 Å². The van der Waals surface area contributed by atoms with Gasteiger partial charge in [0, 0.05) is 9.89 Å². The fourth-order valence-electron chi connectivity index (χ4n) is 1.60. The third-order valence-electron chi connectivity index (χ3n) is 2.52. The molecule has 1 unspecified atom stereocenters. The summed E-state index contributed by atoms with van der Waals surface area (Å²) in [6.45, 7) is 2.10. The summed E-state index contributed by atoms with van der Waals surface area (Å²) in [7, 11) is 0. The van der Waals surface area contributed by atoms with Crippen LogP contribution < -0.4 is 0 Å². The topological polar surface area (TPSA) is 0 Å². The highest BCUT2D eigenvalue weighted by molar-refractivity contribution is 9.10. The molecule has 0 N–H and O–H groups in total. The SMILES string of the molecule is CC1(Br)C=CC(c2ccccc2F)=CC1. The quantitative estimate of drug-likeness (QED) is 0.664. The molecule has 0 heterocycles. The molecule has 0 aliphatic heterocycles. The van der Waals surface area contributed by atoms with Crippen LogP contribution in [0.5, 0.6) is 0 Å². The summed E-state index contributed by atoms with van der Waals surface area (Å²) in [6, 6.07) is 6.86. The second-order valence-electron chi connectivity index (χ2n) is 3.95. The first kappa shape index (κ1) is 10.6. The molecule has 0 aromatic heterocycles. The molecule has 0 fully saturated rings. The Labute approximate surface area is 97.6 Å². The van der Waals surface area contributed by atoms with E-state index in [2.05, 4.69) is 35.0 Å². The van der Waals surface area contributed by atoms with Crippen molar-refractivity contribution in [3.05, 3.63) is 53.9 Å². The molecule has 0 spiro atoms. The summed E-state index contributed by atoms with van der Waals surface area (Å²) in [4.78, 5) is 0. The highest BCUT2D eigenvalue weighted by atomic mass is 79.9. The van der Waals surface area contributed by atoms with Gasteiger partial charge in [-0.25, -0.2) is 4.39 Å². The van der Waals surface area contributed by atoms with E-state index in [1.807, 2.05) is 18.2 Å². The van der Waals surface area contributed by atoms with E-state index in [0.717, 1.165) is 12.0 Å². The van der Waals surface area contributed by atoms with Crippen LogP contribution in [0.3, 0.4) is 0 Å². The second-order valence-corrected chi connectivity index (χ2v) is 5.77. The average Bonchev–Trinajstić information content (AvgIpc) is 2.19. The molecule has 1 aromatic carbocycles. The van der Waals surface area contributed by atoms with Crippen LogP contribution in [-0.4, -0.2) is 4.32 Å². The second kappa shape index (κ2) is 3.93. The summed E-state index contributed by atoms with van der Waals surface area (Å²) in [6.07, 6.45) is 6.98. The van der Waals surface area contributed by atoms with Gasteiger partial charge in [0.05, 0.1) is 0 Å². The summed E-state index contributed by atoms with van der Waals surface area (Å²) >= 11 is 3.59. The predicted octanol–water partition coefficient (Wildman–Crippen LogP) is 4.32. The third-order valence-corrected chi connectivity index (χ3v) is 3.10. The Morgan fingerprint density at radius 3 is 2.67 bits per heavy atom. The number of allylic oxidation sites excluding steroid dienone is 4. The van der Waals surface area contributed by atoms with Crippen molar-refractivity contribution in [1.29, 1.82) is 0 Å². The first-order chi connectivity index (χ1) is 7.08. The van der Waals surface area contributed by atoms with Crippen molar-refractivity contribution in [2.24, 2.45) is 0 Å². The first-order valence-electron chi connectivity index (χ1n) is 4.92. The number of alkyl halides is 1. The Morgan fingerprint density at radius 1 is 1.33 bits per heavy atom.